The molecule has 0 aromatic carbocycles. The van der Waals surface area contributed by atoms with Crippen LogP contribution in [0, 0.1) is 11.8 Å². The minimum Gasteiger partial charge on any atom is -0.457 e. The van der Waals surface area contributed by atoms with E-state index in [0.717, 1.165) is 24.8 Å². The van der Waals surface area contributed by atoms with Crippen molar-refractivity contribution in [3.8, 4) is 0 Å². The van der Waals surface area contributed by atoms with Gasteiger partial charge in [0.05, 0.1) is 18.1 Å². The molecule has 5 atom stereocenters. The average molecular weight is 452 g/mol. The lowest BCUT2D eigenvalue weighted by molar-refractivity contribution is -0.163. The van der Waals surface area contributed by atoms with E-state index in [9.17, 15) is 9.59 Å². The van der Waals surface area contributed by atoms with Gasteiger partial charge in [-0.05, 0) is 49.7 Å². The number of hydrogen-bond acceptors (Lipinski definition) is 5. The van der Waals surface area contributed by atoms with Crippen molar-refractivity contribution < 1.29 is 18.8 Å². The molecular formula is C23H37NO4SSi. The van der Waals surface area contributed by atoms with Gasteiger partial charge in [0.15, 0.2) is 8.32 Å². The van der Waals surface area contributed by atoms with Crippen LogP contribution in [0.1, 0.15) is 47.0 Å². The predicted molar refractivity (Wildman–Crippen MR) is 125 cm³/mol. The molecule has 3 rings (SSSR count). The van der Waals surface area contributed by atoms with Crippen LogP contribution in [-0.4, -0.2) is 55.4 Å². The third-order valence-electron chi connectivity index (χ3n) is 7.45. The molecule has 1 saturated heterocycles. The summed E-state index contributed by atoms with van der Waals surface area (Å²) in [6.45, 7) is 16.9. The van der Waals surface area contributed by atoms with Crippen LogP contribution < -0.4 is 0 Å². The number of amides is 1. The smallest absolute Gasteiger partial charge is 0.355 e. The first kappa shape index (κ1) is 23.6. The molecule has 7 heteroatoms. The number of carbonyl (C=O) groups excluding carboxylic acids is 2. The molecule has 0 N–H and O–H groups in total. The Labute approximate surface area is 186 Å². The van der Waals surface area contributed by atoms with Crippen LogP contribution >= 0.6 is 11.8 Å². The van der Waals surface area contributed by atoms with Gasteiger partial charge in [0.1, 0.15) is 12.3 Å². The number of ether oxygens (including phenoxy) is 1. The molecule has 5 nitrogen and oxygen atoms in total. The Morgan fingerprint density at radius 1 is 1.37 bits per heavy atom. The number of thioether (sulfide) groups is 1. The summed E-state index contributed by atoms with van der Waals surface area (Å²) in [5.41, 5.74) is 1.63. The second-order valence-corrected chi connectivity index (χ2v) is 16.1. The second kappa shape index (κ2) is 8.47. The van der Waals surface area contributed by atoms with Gasteiger partial charge >= 0.3 is 5.97 Å². The molecule has 5 unspecified atom stereocenters. The van der Waals surface area contributed by atoms with Crippen LogP contribution in [0.5, 0.6) is 0 Å². The third kappa shape index (κ3) is 3.82. The summed E-state index contributed by atoms with van der Waals surface area (Å²) >= 11 is 1.78. The number of hydrogen-bond donors (Lipinski definition) is 0. The van der Waals surface area contributed by atoms with Crippen LogP contribution in [0.2, 0.25) is 18.1 Å². The maximum atomic E-state index is 13.3. The number of carbonyl (C=O) groups is 2. The van der Waals surface area contributed by atoms with Gasteiger partial charge in [-0.1, -0.05) is 39.8 Å². The van der Waals surface area contributed by atoms with Gasteiger partial charge in [-0.15, -0.1) is 0 Å². The molecule has 2 fully saturated rings. The quantitative estimate of drug-likeness (QED) is 0.242. The fourth-order valence-corrected chi connectivity index (χ4v) is 7.35. The summed E-state index contributed by atoms with van der Waals surface area (Å²) < 4.78 is 12.0. The van der Waals surface area contributed by atoms with E-state index in [1.165, 1.54) is 0 Å². The first-order chi connectivity index (χ1) is 14.0. The molecule has 2 aliphatic heterocycles. The van der Waals surface area contributed by atoms with Gasteiger partial charge in [0, 0.05) is 11.2 Å². The lowest BCUT2D eigenvalue weighted by Crippen LogP contribution is -2.65. The Hall–Kier alpha value is -1.05. The largest absolute Gasteiger partial charge is 0.457 e. The van der Waals surface area contributed by atoms with Crippen LogP contribution in [0.4, 0.5) is 0 Å². The van der Waals surface area contributed by atoms with Gasteiger partial charge in [0.25, 0.3) is 0 Å². The van der Waals surface area contributed by atoms with Gasteiger partial charge in [0.2, 0.25) is 5.91 Å². The Kier molecular flexibility index (Phi) is 6.67. The minimum absolute atomic E-state index is 0.0125. The van der Waals surface area contributed by atoms with Crippen molar-refractivity contribution in [2.24, 2.45) is 11.8 Å². The van der Waals surface area contributed by atoms with Gasteiger partial charge < -0.3 is 14.1 Å². The second-order valence-electron chi connectivity index (χ2n) is 10.3. The molecule has 0 aromatic heterocycles. The molecule has 1 saturated carbocycles. The Balaban J connectivity index is 1.90. The average Bonchev–Trinajstić information content (AvgIpc) is 2.95. The van der Waals surface area contributed by atoms with Crippen LogP contribution in [0.25, 0.3) is 0 Å². The molecule has 168 valence electrons. The zero-order valence-corrected chi connectivity index (χ0v) is 21.3. The Bertz CT molecular complexity index is 757. The van der Waals surface area contributed by atoms with E-state index in [2.05, 4.69) is 46.7 Å². The summed E-state index contributed by atoms with van der Waals surface area (Å²) in [5, 5.41) is 0.354. The van der Waals surface area contributed by atoms with Crippen LogP contribution in [0.15, 0.2) is 23.9 Å². The predicted octanol–water partition coefficient (Wildman–Crippen LogP) is 4.75. The third-order valence-corrected chi connectivity index (χ3v) is 13.1. The Morgan fingerprint density at radius 3 is 2.60 bits per heavy atom. The number of β-lactam (4-membered cyclic amide) rings is 1. The van der Waals surface area contributed by atoms with Crippen LogP contribution in [0.3, 0.4) is 0 Å². The van der Waals surface area contributed by atoms with Crippen molar-refractivity contribution >= 4 is 32.0 Å². The first-order valence-corrected chi connectivity index (χ1v) is 15.2. The number of nitrogens with zero attached hydrogens (tertiary/aromatic N) is 1. The number of esters is 1. The number of rotatable bonds is 7. The standard InChI is InChI=1S/C23H37NO4SSi/c1-9-13-27-22(26)20-18-15(11-10-12-16(18)29-6)19-17(21(25)24(19)20)14(2)28-30(7,8)23(3,4)5/h9,14-17,19H,1,10-13H2,2-8H3. The lowest BCUT2D eigenvalue weighted by atomic mass is 9.72. The maximum Gasteiger partial charge on any atom is 0.355 e. The van der Waals surface area contributed by atoms with Crippen molar-refractivity contribution in [2.45, 2.75) is 82.5 Å². The van der Waals surface area contributed by atoms with Gasteiger partial charge in [-0.2, -0.15) is 11.8 Å². The normalized spacial score (nSPS) is 29.8. The highest BCUT2D eigenvalue weighted by atomic mass is 32.2. The van der Waals surface area contributed by atoms with E-state index in [4.69, 9.17) is 9.16 Å². The molecule has 30 heavy (non-hydrogen) atoms. The molecule has 1 aliphatic carbocycles. The van der Waals surface area contributed by atoms with E-state index in [1.54, 1.807) is 22.7 Å². The van der Waals surface area contributed by atoms with E-state index < -0.39 is 8.32 Å². The zero-order chi connectivity index (χ0) is 22.4. The summed E-state index contributed by atoms with van der Waals surface area (Å²) in [6.07, 6.45) is 6.68. The SMILES string of the molecule is C=CCOC(=O)C1=C2C(SC)CCCC2C2C(C(C)O[Si](C)(C)C(C)(C)C)C(=O)N12. The molecule has 0 bridgehead atoms. The molecule has 0 spiro atoms. The fraction of sp³-hybridized carbons (Fsp3) is 0.739. The lowest BCUT2D eigenvalue weighted by Gasteiger charge is -2.51. The monoisotopic (exact) mass is 451 g/mol. The van der Waals surface area contributed by atoms with E-state index in [-0.39, 0.29) is 52.8 Å². The van der Waals surface area contributed by atoms with Crippen molar-refractivity contribution in [1.29, 1.82) is 0 Å². The highest BCUT2D eigenvalue weighted by Crippen LogP contribution is 2.55. The van der Waals surface area contributed by atoms with Gasteiger partial charge in [-0.3, -0.25) is 4.79 Å². The molecule has 0 radical (unpaired) electrons. The molecule has 2 heterocycles. The molecule has 0 aromatic rings. The highest BCUT2D eigenvalue weighted by molar-refractivity contribution is 7.99. The summed E-state index contributed by atoms with van der Waals surface area (Å²) in [6, 6.07) is 0.0218. The fourth-order valence-electron chi connectivity index (χ4n) is 4.97. The molecule has 1 amide bonds. The minimum atomic E-state index is -2.00. The summed E-state index contributed by atoms with van der Waals surface area (Å²) in [7, 11) is -2.00. The highest BCUT2D eigenvalue weighted by Gasteiger charge is 2.63. The summed E-state index contributed by atoms with van der Waals surface area (Å²) in [4.78, 5) is 28.0. The van der Waals surface area contributed by atoms with E-state index in [0.29, 0.717) is 5.70 Å². The number of fused-ring (bicyclic) bond motifs is 3. The topological polar surface area (TPSA) is 55.8 Å². The summed E-state index contributed by atoms with van der Waals surface area (Å²) in [5.74, 6) is -0.332. The molecule has 3 aliphatic rings. The van der Waals surface area contributed by atoms with Gasteiger partial charge in [-0.25, -0.2) is 4.79 Å². The van der Waals surface area contributed by atoms with Crippen molar-refractivity contribution in [1.82, 2.24) is 4.90 Å². The maximum absolute atomic E-state index is 13.3. The molecular weight excluding hydrogens is 414 g/mol. The zero-order valence-electron chi connectivity index (χ0n) is 19.5. The van der Waals surface area contributed by atoms with Crippen molar-refractivity contribution in [3.63, 3.8) is 0 Å². The first-order valence-electron chi connectivity index (χ1n) is 11.0. The van der Waals surface area contributed by atoms with Crippen LogP contribution in [-0.2, 0) is 18.8 Å². The Morgan fingerprint density at radius 2 is 2.03 bits per heavy atom. The van der Waals surface area contributed by atoms with E-state index >= 15 is 0 Å². The van der Waals surface area contributed by atoms with E-state index in [1.807, 2.05) is 6.92 Å². The van der Waals surface area contributed by atoms with Crippen molar-refractivity contribution in [2.75, 3.05) is 12.9 Å². The van der Waals surface area contributed by atoms with Crippen molar-refractivity contribution in [3.05, 3.63) is 23.9 Å².